The van der Waals surface area contributed by atoms with Crippen LogP contribution in [0.1, 0.15) is 25.7 Å². The molecule has 0 fully saturated rings. The number of carbonyl (C=O) groups excluding carboxylic acids is 2. The van der Waals surface area contributed by atoms with E-state index in [4.69, 9.17) is 9.47 Å². The van der Waals surface area contributed by atoms with Crippen LogP contribution in [-0.2, 0) is 19.1 Å². The number of hydrogen-bond acceptors (Lipinski definition) is 4. The zero-order valence-electron chi connectivity index (χ0n) is 16.1. The largest absolute Gasteiger partial charge is 0.456 e. The van der Waals surface area contributed by atoms with Crippen molar-refractivity contribution in [1.82, 2.24) is 0 Å². The van der Waals surface area contributed by atoms with Crippen LogP contribution >= 0.6 is 0 Å². The Balaban J connectivity index is 2.13. The van der Waals surface area contributed by atoms with E-state index in [1.54, 1.807) is 0 Å². The first-order valence-corrected chi connectivity index (χ1v) is 11.7. The van der Waals surface area contributed by atoms with Crippen LogP contribution in [0.2, 0.25) is 0 Å². The highest BCUT2D eigenvalue weighted by Crippen LogP contribution is 2.06. The van der Waals surface area contributed by atoms with E-state index in [0.717, 1.165) is 36.1 Å². The highest BCUT2D eigenvalue weighted by Gasteiger charge is 2.35. The van der Waals surface area contributed by atoms with E-state index >= 15 is 0 Å². The van der Waals surface area contributed by atoms with Crippen molar-refractivity contribution in [3.8, 4) is 22.9 Å². The molecule has 0 amide bonds. The molecule has 0 bridgehead atoms. The zero-order chi connectivity index (χ0) is 20.4. The fraction of sp³-hybridized carbons (Fsp3) is 0.250. The average molecular weight is 403 g/mol. The third-order valence-corrected chi connectivity index (χ3v) is 8.02. The van der Waals surface area contributed by atoms with Gasteiger partial charge >= 0.3 is 11.9 Å². The predicted molar refractivity (Wildman–Crippen MR) is 114 cm³/mol. The first kappa shape index (κ1) is 20.5. The van der Waals surface area contributed by atoms with E-state index in [-0.39, 0.29) is 0 Å². The molecule has 5 heteroatoms. The van der Waals surface area contributed by atoms with Gasteiger partial charge in [0.1, 0.15) is 0 Å². The van der Waals surface area contributed by atoms with E-state index in [1.807, 2.05) is 60.7 Å². The van der Waals surface area contributed by atoms with Crippen molar-refractivity contribution >= 4 is 30.4 Å². The van der Waals surface area contributed by atoms with E-state index in [1.165, 1.54) is 0 Å². The topological polar surface area (TPSA) is 52.6 Å². The van der Waals surface area contributed by atoms with Crippen LogP contribution < -0.4 is 10.4 Å². The molecule has 0 aliphatic carbocycles. The Labute approximate surface area is 172 Å². The zero-order valence-corrected chi connectivity index (χ0v) is 17.1. The Morgan fingerprint density at radius 3 is 1.45 bits per heavy atom. The Morgan fingerprint density at radius 1 is 0.621 bits per heavy atom. The van der Waals surface area contributed by atoms with E-state index in [2.05, 4.69) is 22.9 Å². The number of hydrogen-bond donors (Lipinski definition) is 0. The van der Waals surface area contributed by atoms with Crippen LogP contribution in [0.4, 0.5) is 0 Å². The van der Waals surface area contributed by atoms with Crippen molar-refractivity contribution in [2.75, 3.05) is 13.2 Å². The number of ether oxygens (including phenoxy) is 2. The number of carbonyl (C=O) groups is 2. The predicted octanol–water partition coefficient (Wildman–Crippen LogP) is 2.00. The molecule has 1 aliphatic heterocycles. The normalized spacial score (nSPS) is 17.1. The molecule has 0 spiro atoms. The van der Waals surface area contributed by atoms with Gasteiger partial charge in [-0.15, -0.1) is 0 Å². The molecule has 0 atom stereocenters. The summed E-state index contributed by atoms with van der Waals surface area (Å²) in [5.74, 6) is 4.18. The molecule has 4 nitrogen and oxygen atoms in total. The van der Waals surface area contributed by atoms with Crippen molar-refractivity contribution in [3.63, 3.8) is 0 Å². The number of esters is 2. The summed E-state index contributed by atoms with van der Waals surface area (Å²) in [5, 5.41) is 1.80. The maximum Gasteiger partial charge on any atom is 0.383 e. The second-order valence-corrected chi connectivity index (χ2v) is 9.82. The molecule has 1 aliphatic rings. The third-order valence-electron chi connectivity index (χ3n) is 4.62. The van der Waals surface area contributed by atoms with Gasteiger partial charge in [-0.1, -0.05) is 71.8 Å². The Kier molecular flexibility index (Phi) is 7.27. The number of benzene rings is 2. The van der Waals surface area contributed by atoms with Crippen LogP contribution in [0, 0.1) is 22.9 Å². The summed E-state index contributed by atoms with van der Waals surface area (Å²) in [6.07, 6.45) is 3.32. The van der Waals surface area contributed by atoms with Gasteiger partial charge in [-0.2, -0.15) is 0 Å². The first-order chi connectivity index (χ1) is 14.2. The summed E-state index contributed by atoms with van der Waals surface area (Å²) >= 11 is 0. The summed E-state index contributed by atoms with van der Waals surface area (Å²) in [6.45, 7) is 0.675. The molecule has 0 aromatic heterocycles. The minimum atomic E-state index is -3.06. The molecule has 146 valence electrons. The standard InChI is InChI=1S/C24H22O4Si/c25-23-15-19-29(21-11-5-3-6-12-21,22-13-7-4-8-14-22)20-16-24(26)28-18-10-2-1-9-17-27-23/h3-8,11-14H,1-2,9-10,17-18H2. The maximum absolute atomic E-state index is 12.2. The Bertz CT molecular complexity index is 880. The van der Waals surface area contributed by atoms with Crippen LogP contribution in [0.3, 0.4) is 0 Å². The molecular weight excluding hydrogens is 380 g/mol. The molecule has 2 aromatic carbocycles. The van der Waals surface area contributed by atoms with Gasteiger partial charge in [0, 0.05) is 11.8 Å². The summed E-state index contributed by atoms with van der Waals surface area (Å²) in [7, 11) is -3.06. The van der Waals surface area contributed by atoms with Gasteiger partial charge < -0.3 is 9.47 Å². The van der Waals surface area contributed by atoms with Gasteiger partial charge in [-0.05, 0) is 36.1 Å². The number of rotatable bonds is 2. The molecular formula is C24H22O4Si. The van der Waals surface area contributed by atoms with Gasteiger partial charge in [-0.3, -0.25) is 0 Å². The van der Waals surface area contributed by atoms with Crippen molar-refractivity contribution < 1.29 is 19.1 Å². The van der Waals surface area contributed by atoms with Crippen molar-refractivity contribution in [2.24, 2.45) is 0 Å². The Morgan fingerprint density at radius 2 is 1.03 bits per heavy atom. The minimum Gasteiger partial charge on any atom is -0.456 e. The molecule has 1 heterocycles. The molecule has 2 aromatic rings. The third kappa shape index (κ3) is 5.60. The highest BCUT2D eigenvalue weighted by molar-refractivity contribution is 7.13. The molecule has 29 heavy (non-hydrogen) atoms. The number of cyclic esters (lactones) is 2. The second kappa shape index (κ2) is 10.3. The van der Waals surface area contributed by atoms with Crippen LogP contribution in [0.25, 0.3) is 0 Å². The highest BCUT2D eigenvalue weighted by atomic mass is 28.3. The molecule has 0 saturated heterocycles. The molecule has 0 saturated carbocycles. The quantitative estimate of drug-likeness (QED) is 0.438. The van der Waals surface area contributed by atoms with E-state index < -0.39 is 20.0 Å². The lowest BCUT2D eigenvalue weighted by Gasteiger charge is -2.21. The molecule has 0 radical (unpaired) electrons. The van der Waals surface area contributed by atoms with E-state index in [0.29, 0.717) is 13.2 Å². The lowest BCUT2D eigenvalue weighted by molar-refractivity contribution is -0.138. The average Bonchev–Trinajstić information content (AvgIpc) is 2.77. The fourth-order valence-corrected chi connectivity index (χ4v) is 6.05. The lowest BCUT2D eigenvalue weighted by Crippen LogP contribution is -2.57. The van der Waals surface area contributed by atoms with Crippen LogP contribution in [-0.4, -0.2) is 33.2 Å². The van der Waals surface area contributed by atoms with Gasteiger partial charge in [0.25, 0.3) is 8.07 Å². The smallest absolute Gasteiger partial charge is 0.383 e. The van der Waals surface area contributed by atoms with Crippen molar-refractivity contribution in [1.29, 1.82) is 0 Å². The maximum atomic E-state index is 12.2. The SMILES string of the molecule is O=C1C#C[Si](c2ccccc2)(c2ccccc2)C#CC(=O)OCCCCCCO1. The lowest BCUT2D eigenvalue weighted by atomic mass is 10.2. The summed E-state index contributed by atoms with van der Waals surface area (Å²) in [6, 6.07) is 19.2. The minimum absolute atomic E-state index is 0.338. The molecule has 0 unspecified atom stereocenters. The summed E-state index contributed by atoms with van der Waals surface area (Å²) < 4.78 is 10.5. The van der Waals surface area contributed by atoms with Gasteiger partial charge in [0.15, 0.2) is 0 Å². The van der Waals surface area contributed by atoms with Gasteiger partial charge in [0.05, 0.1) is 13.2 Å². The van der Waals surface area contributed by atoms with Crippen LogP contribution in [0.5, 0.6) is 0 Å². The van der Waals surface area contributed by atoms with Gasteiger partial charge in [-0.25, -0.2) is 9.59 Å². The van der Waals surface area contributed by atoms with Crippen molar-refractivity contribution in [2.45, 2.75) is 25.7 Å². The van der Waals surface area contributed by atoms with Crippen LogP contribution in [0.15, 0.2) is 60.7 Å². The molecule has 3 rings (SSSR count). The van der Waals surface area contributed by atoms with E-state index in [9.17, 15) is 9.59 Å². The monoisotopic (exact) mass is 402 g/mol. The second-order valence-electron chi connectivity index (χ2n) is 6.67. The van der Waals surface area contributed by atoms with Crippen molar-refractivity contribution in [3.05, 3.63) is 60.7 Å². The molecule has 0 N–H and O–H groups in total. The Hall–Kier alpha value is -3.28. The summed E-state index contributed by atoms with van der Waals surface area (Å²) in [5.41, 5.74) is 6.28. The van der Waals surface area contributed by atoms with Gasteiger partial charge in [0.2, 0.25) is 0 Å². The fourth-order valence-electron chi connectivity index (χ4n) is 3.11. The first-order valence-electron chi connectivity index (χ1n) is 9.72. The summed E-state index contributed by atoms with van der Waals surface area (Å²) in [4.78, 5) is 24.4.